The van der Waals surface area contributed by atoms with Gasteiger partial charge in [0.25, 0.3) is 0 Å². The highest BCUT2D eigenvalue weighted by molar-refractivity contribution is 7.80. The van der Waals surface area contributed by atoms with E-state index in [-0.39, 0.29) is 10.8 Å². The molecule has 1 aromatic heterocycles. The number of para-hydroxylation sites is 1. The molecule has 4 nitrogen and oxygen atoms in total. The summed E-state index contributed by atoms with van der Waals surface area (Å²) in [6.45, 7) is 2.42. The summed E-state index contributed by atoms with van der Waals surface area (Å²) in [5.74, 6) is 0.0478. The Hall–Kier alpha value is -2.08. The van der Waals surface area contributed by atoms with Crippen LogP contribution in [-0.2, 0) is 0 Å². The maximum Gasteiger partial charge on any atom is 0.230 e. The number of hydrogen-bond donors (Lipinski definition) is 1. The van der Waals surface area contributed by atoms with Gasteiger partial charge in [-0.2, -0.15) is 0 Å². The SMILES string of the molecule is CCN(c1nccc(C(N)=S)n1)c1ccccc1F. The van der Waals surface area contributed by atoms with Crippen molar-refractivity contribution in [2.75, 3.05) is 11.4 Å². The second-order valence-corrected chi connectivity index (χ2v) is 4.24. The molecule has 0 saturated heterocycles. The molecular weight excluding hydrogens is 263 g/mol. The Bertz CT molecular complexity index is 603. The van der Waals surface area contributed by atoms with Gasteiger partial charge < -0.3 is 10.6 Å². The molecule has 2 N–H and O–H groups in total. The summed E-state index contributed by atoms with van der Waals surface area (Å²) in [5, 5.41) is 0. The Labute approximate surface area is 116 Å². The van der Waals surface area contributed by atoms with Gasteiger partial charge in [0.1, 0.15) is 16.5 Å². The average Bonchev–Trinajstić information content (AvgIpc) is 2.42. The zero-order valence-electron chi connectivity index (χ0n) is 10.4. The predicted octanol–water partition coefficient (Wildman–Crippen LogP) is 2.41. The van der Waals surface area contributed by atoms with Gasteiger partial charge in [0.2, 0.25) is 5.95 Å². The molecule has 19 heavy (non-hydrogen) atoms. The van der Waals surface area contributed by atoms with Crippen LogP contribution in [0.15, 0.2) is 36.5 Å². The van der Waals surface area contributed by atoms with Gasteiger partial charge in [-0.05, 0) is 25.1 Å². The molecule has 0 unspecified atom stereocenters. The highest BCUT2D eigenvalue weighted by Gasteiger charge is 2.14. The first kappa shape index (κ1) is 13.4. The van der Waals surface area contributed by atoms with E-state index in [2.05, 4.69) is 9.97 Å². The number of anilines is 2. The van der Waals surface area contributed by atoms with Gasteiger partial charge in [-0.1, -0.05) is 24.4 Å². The fourth-order valence-electron chi connectivity index (χ4n) is 1.71. The van der Waals surface area contributed by atoms with E-state index >= 15 is 0 Å². The molecule has 0 radical (unpaired) electrons. The van der Waals surface area contributed by atoms with Gasteiger partial charge in [-0.25, -0.2) is 14.4 Å². The smallest absolute Gasteiger partial charge is 0.230 e. The molecule has 0 bridgehead atoms. The number of nitrogens with zero attached hydrogens (tertiary/aromatic N) is 3. The molecule has 0 atom stereocenters. The Morgan fingerprint density at radius 1 is 1.37 bits per heavy atom. The van der Waals surface area contributed by atoms with Crippen molar-refractivity contribution < 1.29 is 4.39 Å². The van der Waals surface area contributed by atoms with E-state index in [4.69, 9.17) is 18.0 Å². The number of halogens is 1. The lowest BCUT2D eigenvalue weighted by Crippen LogP contribution is -2.22. The molecule has 0 saturated carbocycles. The van der Waals surface area contributed by atoms with Crippen LogP contribution >= 0.6 is 12.2 Å². The van der Waals surface area contributed by atoms with Gasteiger partial charge in [-0.3, -0.25) is 0 Å². The maximum absolute atomic E-state index is 13.8. The number of aromatic nitrogens is 2. The second kappa shape index (κ2) is 5.71. The molecule has 0 aliphatic rings. The lowest BCUT2D eigenvalue weighted by Gasteiger charge is -2.21. The molecule has 0 aliphatic heterocycles. The summed E-state index contributed by atoms with van der Waals surface area (Å²) in [5.41, 5.74) is 6.43. The van der Waals surface area contributed by atoms with Crippen LogP contribution in [-0.4, -0.2) is 21.5 Å². The number of thiocarbonyl (C=S) groups is 1. The average molecular weight is 276 g/mol. The Kier molecular flexibility index (Phi) is 4.01. The summed E-state index contributed by atoms with van der Waals surface area (Å²) in [7, 11) is 0. The summed E-state index contributed by atoms with van der Waals surface area (Å²) in [6.07, 6.45) is 1.56. The zero-order chi connectivity index (χ0) is 13.8. The molecule has 0 spiro atoms. The normalized spacial score (nSPS) is 10.2. The van der Waals surface area contributed by atoms with Crippen molar-refractivity contribution >= 4 is 28.8 Å². The van der Waals surface area contributed by atoms with Crippen LogP contribution in [0.25, 0.3) is 0 Å². The third-order valence-electron chi connectivity index (χ3n) is 2.60. The molecule has 98 valence electrons. The largest absolute Gasteiger partial charge is 0.388 e. The van der Waals surface area contributed by atoms with E-state index in [0.717, 1.165) is 0 Å². The quantitative estimate of drug-likeness (QED) is 0.869. The topological polar surface area (TPSA) is 55.0 Å². The van der Waals surface area contributed by atoms with E-state index in [0.29, 0.717) is 23.9 Å². The Balaban J connectivity index is 2.45. The fraction of sp³-hybridized carbons (Fsp3) is 0.154. The first-order valence-corrected chi connectivity index (χ1v) is 6.19. The van der Waals surface area contributed by atoms with Crippen molar-refractivity contribution in [2.45, 2.75) is 6.92 Å². The third-order valence-corrected chi connectivity index (χ3v) is 2.81. The van der Waals surface area contributed by atoms with Crippen LogP contribution in [0.4, 0.5) is 16.0 Å². The lowest BCUT2D eigenvalue weighted by molar-refractivity contribution is 0.624. The summed E-state index contributed by atoms with van der Waals surface area (Å²) < 4.78 is 13.8. The van der Waals surface area contributed by atoms with Gasteiger partial charge in [0, 0.05) is 12.7 Å². The molecular formula is C13H13FN4S. The molecule has 1 heterocycles. The van der Waals surface area contributed by atoms with E-state index in [1.54, 1.807) is 35.4 Å². The van der Waals surface area contributed by atoms with Gasteiger partial charge in [0.05, 0.1) is 5.69 Å². The van der Waals surface area contributed by atoms with Crippen LogP contribution < -0.4 is 10.6 Å². The number of hydrogen-bond acceptors (Lipinski definition) is 4. The van der Waals surface area contributed by atoms with Crippen molar-refractivity contribution in [2.24, 2.45) is 5.73 Å². The van der Waals surface area contributed by atoms with Crippen LogP contribution in [0, 0.1) is 5.82 Å². The van der Waals surface area contributed by atoms with E-state index in [1.807, 2.05) is 6.92 Å². The van der Waals surface area contributed by atoms with Crippen LogP contribution in [0.1, 0.15) is 12.6 Å². The van der Waals surface area contributed by atoms with Crippen molar-refractivity contribution in [1.82, 2.24) is 9.97 Å². The minimum Gasteiger partial charge on any atom is -0.388 e. The second-order valence-electron chi connectivity index (χ2n) is 3.80. The molecule has 6 heteroatoms. The number of rotatable bonds is 4. The molecule has 1 aromatic carbocycles. The lowest BCUT2D eigenvalue weighted by atomic mass is 10.3. The standard InChI is InChI=1S/C13H13FN4S/c1-2-18(11-6-4-3-5-9(11)14)13-16-8-7-10(17-13)12(15)19/h3-8H,2H2,1H3,(H2,15,19). The summed E-state index contributed by atoms with van der Waals surface area (Å²) in [4.78, 5) is 10.2. The van der Waals surface area contributed by atoms with Gasteiger partial charge in [-0.15, -0.1) is 0 Å². The van der Waals surface area contributed by atoms with Crippen molar-refractivity contribution in [3.8, 4) is 0 Å². The van der Waals surface area contributed by atoms with Crippen molar-refractivity contribution in [3.63, 3.8) is 0 Å². The van der Waals surface area contributed by atoms with E-state index in [9.17, 15) is 4.39 Å². The van der Waals surface area contributed by atoms with Crippen LogP contribution in [0.2, 0.25) is 0 Å². The molecule has 0 amide bonds. The molecule has 0 aliphatic carbocycles. The summed E-state index contributed by atoms with van der Waals surface area (Å²) in [6, 6.07) is 8.10. The minimum absolute atomic E-state index is 0.188. The zero-order valence-corrected chi connectivity index (χ0v) is 11.2. The van der Waals surface area contributed by atoms with E-state index in [1.165, 1.54) is 6.07 Å². The van der Waals surface area contributed by atoms with E-state index < -0.39 is 0 Å². The molecule has 2 rings (SSSR count). The molecule has 2 aromatic rings. The number of benzene rings is 1. The highest BCUT2D eigenvalue weighted by Crippen LogP contribution is 2.24. The Morgan fingerprint density at radius 2 is 2.11 bits per heavy atom. The predicted molar refractivity (Wildman–Crippen MR) is 77.0 cm³/mol. The third kappa shape index (κ3) is 2.85. The summed E-state index contributed by atoms with van der Waals surface area (Å²) >= 11 is 4.88. The first-order chi connectivity index (χ1) is 9.13. The van der Waals surface area contributed by atoms with Gasteiger partial charge in [0.15, 0.2) is 0 Å². The van der Waals surface area contributed by atoms with Crippen molar-refractivity contribution in [1.29, 1.82) is 0 Å². The number of nitrogens with two attached hydrogens (primary N) is 1. The first-order valence-electron chi connectivity index (χ1n) is 5.78. The maximum atomic E-state index is 13.8. The fourth-order valence-corrected chi connectivity index (χ4v) is 1.82. The minimum atomic E-state index is -0.325. The molecule has 0 fully saturated rings. The van der Waals surface area contributed by atoms with Gasteiger partial charge >= 0.3 is 0 Å². The monoisotopic (exact) mass is 276 g/mol. The van der Waals surface area contributed by atoms with Crippen molar-refractivity contribution in [3.05, 3.63) is 48.0 Å². The highest BCUT2D eigenvalue weighted by atomic mass is 32.1. The van der Waals surface area contributed by atoms with Crippen LogP contribution in [0.5, 0.6) is 0 Å². The van der Waals surface area contributed by atoms with Crippen LogP contribution in [0.3, 0.4) is 0 Å². The Morgan fingerprint density at radius 3 is 2.74 bits per heavy atom.